The maximum absolute atomic E-state index is 6.79. The number of nitrogens with zero attached hydrogens (tertiary/aromatic N) is 2. The highest BCUT2D eigenvalue weighted by Crippen LogP contribution is 2.47. The van der Waals surface area contributed by atoms with Crippen molar-refractivity contribution in [3.8, 4) is 0 Å². The van der Waals surface area contributed by atoms with Gasteiger partial charge in [-0.2, -0.15) is 0 Å². The van der Waals surface area contributed by atoms with Gasteiger partial charge in [-0.15, -0.1) is 0 Å². The van der Waals surface area contributed by atoms with Crippen molar-refractivity contribution in [3.63, 3.8) is 0 Å². The predicted octanol–water partition coefficient (Wildman–Crippen LogP) is 12.4. The summed E-state index contributed by atoms with van der Waals surface area (Å²) in [4.78, 5) is 4.55. The Morgan fingerprint density at radius 2 is 0.848 bits per heavy atom. The van der Waals surface area contributed by atoms with Crippen LogP contribution in [0.1, 0.15) is 0 Å². The summed E-state index contributed by atoms with van der Waals surface area (Å²) in [5, 5.41) is 4.32. The molecular formula is C42H28N2O2. The van der Waals surface area contributed by atoms with E-state index in [0.29, 0.717) is 0 Å². The van der Waals surface area contributed by atoms with Crippen molar-refractivity contribution in [2.75, 3.05) is 9.80 Å². The molecule has 0 amide bonds. The van der Waals surface area contributed by atoms with E-state index in [2.05, 4.69) is 149 Å². The summed E-state index contributed by atoms with van der Waals surface area (Å²) in [7, 11) is 0. The number of anilines is 6. The average Bonchev–Trinajstić information content (AvgIpc) is 3.69. The minimum absolute atomic E-state index is 0.826. The van der Waals surface area contributed by atoms with Gasteiger partial charge in [-0.3, -0.25) is 0 Å². The molecule has 0 unspecified atom stereocenters. The fourth-order valence-electron chi connectivity index (χ4n) is 6.62. The van der Waals surface area contributed by atoms with Gasteiger partial charge in [-0.1, -0.05) is 91.0 Å². The van der Waals surface area contributed by atoms with E-state index >= 15 is 0 Å². The van der Waals surface area contributed by atoms with Crippen LogP contribution in [0.2, 0.25) is 0 Å². The number of hydrogen-bond donors (Lipinski definition) is 0. The lowest BCUT2D eigenvalue weighted by Crippen LogP contribution is -2.10. The van der Waals surface area contributed by atoms with Crippen LogP contribution in [0.25, 0.3) is 43.9 Å². The third-order valence-electron chi connectivity index (χ3n) is 8.63. The zero-order valence-corrected chi connectivity index (χ0v) is 24.9. The van der Waals surface area contributed by atoms with Gasteiger partial charge < -0.3 is 18.6 Å². The van der Waals surface area contributed by atoms with Crippen LogP contribution in [0.5, 0.6) is 0 Å². The number of fused-ring (bicyclic) bond motifs is 6. The summed E-state index contributed by atoms with van der Waals surface area (Å²) in [5.74, 6) is 0. The molecular weight excluding hydrogens is 564 g/mol. The molecule has 0 aliphatic heterocycles. The van der Waals surface area contributed by atoms with Crippen LogP contribution in [0.4, 0.5) is 34.1 Å². The topological polar surface area (TPSA) is 32.8 Å². The van der Waals surface area contributed by atoms with Crippen LogP contribution in [-0.2, 0) is 0 Å². The van der Waals surface area contributed by atoms with E-state index in [-0.39, 0.29) is 0 Å². The van der Waals surface area contributed by atoms with Crippen LogP contribution in [-0.4, -0.2) is 0 Å². The molecule has 218 valence electrons. The van der Waals surface area contributed by atoms with Gasteiger partial charge in [0.05, 0.1) is 16.8 Å². The van der Waals surface area contributed by atoms with Crippen molar-refractivity contribution < 1.29 is 8.83 Å². The number of rotatable bonds is 6. The highest BCUT2D eigenvalue weighted by atomic mass is 16.3. The standard InChI is InChI=1S/C42H28N2O2/c1-4-14-29(15-5-1)43(30-16-6-2-7-17-30)37-23-12-21-35-41-36(22-13-25-39(41)46-42(35)37)44(31-18-8-3-9-19-31)32-26-27-34-33-20-10-11-24-38(33)45-40(34)28-32/h1-28H. The second kappa shape index (κ2) is 10.7. The molecule has 0 saturated heterocycles. The second-order valence-electron chi connectivity index (χ2n) is 11.4. The Balaban J connectivity index is 1.29. The van der Waals surface area contributed by atoms with Crippen LogP contribution < -0.4 is 9.80 Å². The zero-order valence-electron chi connectivity index (χ0n) is 24.9. The summed E-state index contributed by atoms with van der Waals surface area (Å²) < 4.78 is 13.1. The van der Waals surface area contributed by atoms with E-state index in [4.69, 9.17) is 8.83 Å². The first kappa shape index (κ1) is 26.2. The first-order valence-electron chi connectivity index (χ1n) is 15.4. The van der Waals surface area contributed by atoms with E-state index in [1.165, 1.54) is 0 Å². The fraction of sp³-hybridized carbons (Fsp3) is 0. The molecule has 0 spiro atoms. The summed E-state index contributed by atoms with van der Waals surface area (Å²) in [5.41, 5.74) is 9.58. The summed E-state index contributed by atoms with van der Waals surface area (Å²) in [6.45, 7) is 0. The lowest BCUT2D eigenvalue weighted by atomic mass is 10.1. The molecule has 2 aromatic heterocycles. The predicted molar refractivity (Wildman–Crippen MR) is 190 cm³/mol. The van der Waals surface area contributed by atoms with E-state index in [9.17, 15) is 0 Å². The SMILES string of the molecule is c1ccc(N(c2ccccc2)c2cccc3c2oc2cccc(N(c4ccccc4)c4ccc5c(c4)oc4ccccc45)c23)cc1. The summed E-state index contributed by atoms with van der Waals surface area (Å²) in [6, 6.07) is 58.8. The normalized spacial score (nSPS) is 11.5. The Bertz CT molecular complexity index is 2440. The zero-order chi connectivity index (χ0) is 30.5. The van der Waals surface area contributed by atoms with Crippen LogP contribution >= 0.6 is 0 Å². The van der Waals surface area contributed by atoms with Crippen molar-refractivity contribution in [3.05, 3.63) is 170 Å². The van der Waals surface area contributed by atoms with Gasteiger partial charge in [0.25, 0.3) is 0 Å². The van der Waals surface area contributed by atoms with Gasteiger partial charge in [0, 0.05) is 45.0 Å². The monoisotopic (exact) mass is 592 g/mol. The van der Waals surface area contributed by atoms with Crippen LogP contribution in [0.3, 0.4) is 0 Å². The third-order valence-corrected chi connectivity index (χ3v) is 8.63. The Labute approximate surface area is 265 Å². The third kappa shape index (κ3) is 4.23. The van der Waals surface area contributed by atoms with Gasteiger partial charge in [-0.25, -0.2) is 0 Å². The van der Waals surface area contributed by atoms with Gasteiger partial charge >= 0.3 is 0 Å². The van der Waals surface area contributed by atoms with Crippen LogP contribution in [0.15, 0.2) is 179 Å². The van der Waals surface area contributed by atoms with E-state index in [1.807, 2.05) is 30.3 Å². The summed E-state index contributed by atoms with van der Waals surface area (Å²) >= 11 is 0. The van der Waals surface area contributed by atoms with Gasteiger partial charge in [0.2, 0.25) is 0 Å². The van der Waals surface area contributed by atoms with E-state index in [1.54, 1.807) is 0 Å². The van der Waals surface area contributed by atoms with E-state index < -0.39 is 0 Å². The minimum Gasteiger partial charge on any atom is -0.456 e. The Morgan fingerprint density at radius 1 is 0.326 bits per heavy atom. The molecule has 0 saturated carbocycles. The van der Waals surface area contributed by atoms with Gasteiger partial charge in [0.15, 0.2) is 5.58 Å². The van der Waals surface area contributed by atoms with Crippen molar-refractivity contribution in [2.45, 2.75) is 0 Å². The average molecular weight is 593 g/mol. The Kier molecular flexibility index (Phi) is 6.10. The summed E-state index contributed by atoms with van der Waals surface area (Å²) in [6.07, 6.45) is 0. The second-order valence-corrected chi connectivity index (χ2v) is 11.4. The number of hydrogen-bond acceptors (Lipinski definition) is 4. The minimum atomic E-state index is 0.826. The van der Waals surface area contributed by atoms with Crippen molar-refractivity contribution >= 4 is 78.0 Å². The van der Waals surface area contributed by atoms with Crippen LogP contribution in [0, 0.1) is 0 Å². The van der Waals surface area contributed by atoms with Gasteiger partial charge in [-0.05, 0) is 72.8 Å². The van der Waals surface area contributed by atoms with E-state index in [0.717, 1.165) is 78.0 Å². The fourth-order valence-corrected chi connectivity index (χ4v) is 6.62. The maximum atomic E-state index is 6.79. The molecule has 9 aromatic rings. The number of furan rings is 2. The quantitative estimate of drug-likeness (QED) is 0.192. The molecule has 0 bridgehead atoms. The van der Waals surface area contributed by atoms with Crippen molar-refractivity contribution in [1.29, 1.82) is 0 Å². The number of para-hydroxylation sites is 5. The largest absolute Gasteiger partial charge is 0.456 e. The molecule has 4 nitrogen and oxygen atoms in total. The molecule has 0 atom stereocenters. The Hall–Kier alpha value is -6.26. The maximum Gasteiger partial charge on any atom is 0.159 e. The van der Waals surface area contributed by atoms with Crippen molar-refractivity contribution in [2.24, 2.45) is 0 Å². The lowest BCUT2D eigenvalue weighted by Gasteiger charge is -2.26. The highest BCUT2D eigenvalue weighted by molar-refractivity contribution is 6.17. The molecule has 0 N–H and O–H groups in total. The van der Waals surface area contributed by atoms with Gasteiger partial charge in [0.1, 0.15) is 16.7 Å². The lowest BCUT2D eigenvalue weighted by molar-refractivity contribution is 0.669. The highest BCUT2D eigenvalue weighted by Gasteiger charge is 2.23. The first-order chi connectivity index (χ1) is 22.8. The molecule has 0 aliphatic rings. The molecule has 46 heavy (non-hydrogen) atoms. The molecule has 2 heterocycles. The molecule has 4 heteroatoms. The van der Waals surface area contributed by atoms with Crippen molar-refractivity contribution in [1.82, 2.24) is 0 Å². The first-order valence-corrected chi connectivity index (χ1v) is 15.4. The molecule has 0 fully saturated rings. The number of benzene rings is 7. The molecule has 9 rings (SSSR count). The molecule has 0 aliphatic carbocycles. The molecule has 7 aromatic carbocycles. The molecule has 0 radical (unpaired) electrons. The smallest absolute Gasteiger partial charge is 0.159 e. The Morgan fingerprint density at radius 3 is 1.54 bits per heavy atom.